The summed E-state index contributed by atoms with van der Waals surface area (Å²) in [6.07, 6.45) is -1.02. The molecule has 1 aromatic rings. The molecule has 1 aliphatic heterocycles. The van der Waals surface area contributed by atoms with E-state index in [0.717, 1.165) is 0 Å². The number of carbonyl (C=O) groups excluding carboxylic acids is 1. The van der Waals surface area contributed by atoms with Crippen LogP contribution in [0.4, 0.5) is 0 Å². The summed E-state index contributed by atoms with van der Waals surface area (Å²) < 4.78 is 5.70. The summed E-state index contributed by atoms with van der Waals surface area (Å²) in [5.74, 6) is -1.64. The molecule has 1 heterocycles. The van der Waals surface area contributed by atoms with Gasteiger partial charge in [0.2, 0.25) is 0 Å². The van der Waals surface area contributed by atoms with Crippen LogP contribution in [-0.4, -0.2) is 52.8 Å². The van der Waals surface area contributed by atoms with Crippen LogP contribution in [-0.2, 0) is 9.53 Å². The van der Waals surface area contributed by atoms with Crippen LogP contribution in [0, 0.1) is 0 Å². The van der Waals surface area contributed by atoms with Crippen LogP contribution in [0.15, 0.2) is 22.7 Å². The Morgan fingerprint density at radius 1 is 1.42 bits per heavy atom. The van der Waals surface area contributed by atoms with Gasteiger partial charge >= 0.3 is 5.97 Å². The third-order valence-corrected chi connectivity index (χ3v) is 3.31. The molecule has 1 atom stereocenters. The first-order chi connectivity index (χ1) is 8.99. The third kappa shape index (κ3) is 3.05. The molecular weight excluding hydrogens is 318 g/mol. The SMILES string of the molecule is O=C(O)C1CN(C(=O)c2ccc(Br)cc2O)CCO1. The van der Waals surface area contributed by atoms with Gasteiger partial charge in [-0.3, -0.25) is 4.79 Å². The van der Waals surface area contributed by atoms with Gasteiger partial charge in [0.05, 0.1) is 18.7 Å². The van der Waals surface area contributed by atoms with Crippen molar-refractivity contribution >= 4 is 27.8 Å². The average molecular weight is 330 g/mol. The molecule has 1 aromatic carbocycles. The lowest BCUT2D eigenvalue weighted by atomic mass is 10.1. The summed E-state index contributed by atoms with van der Waals surface area (Å²) in [5, 5.41) is 18.6. The molecular formula is C12H12BrNO5. The van der Waals surface area contributed by atoms with Crippen LogP contribution in [0.25, 0.3) is 0 Å². The zero-order valence-electron chi connectivity index (χ0n) is 9.88. The minimum Gasteiger partial charge on any atom is -0.507 e. The summed E-state index contributed by atoms with van der Waals surface area (Å²) in [7, 11) is 0. The van der Waals surface area contributed by atoms with Crippen LogP contribution in [0.2, 0.25) is 0 Å². The van der Waals surface area contributed by atoms with Crippen molar-refractivity contribution in [3.8, 4) is 5.75 Å². The lowest BCUT2D eigenvalue weighted by Gasteiger charge is -2.31. The number of nitrogens with zero attached hydrogens (tertiary/aromatic N) is 1. The van der Waals surface area contributed by atoms with Gasteiger partial charge in [0.1, 0.15) is 5.75 Å². The molecule has 1 fully saturated rings. The van der Waals surface area contributed by atoms with Crippen molar-refractivity contribution in [3.63, 3.8) is 0 Å². The number of ether oxygens (including phenoxy) is 1. The maximum Gasteiger partial charge on any atom is 0.334 e. The van der Waals surface area contributed by atoms with E-state index in [4.69, 9.17) is 9.84 Å². The zero-order chi connectivity index (χ0) is 14.0. The number of benzene rings is 1. The normalized spacial score (nSPS) is 19.2. The van der Waals surface area contributed by atoms with E-state index >= 15 is 0 Å². The molecule has 19 heavy (non-hydrogen) atoms. The number of aromatic hydroxyl groups is 1. The van der Waals surface area contributed by atoms with Gasteiger partial charge in [0.25, 0.3) is 5.91 Å². The number of aliphatic carboxylic acids is 1. The summed E-state index contributed by atoms with van der Waals surface area (Å²) >= 11 is 3.19. The van der Waals surface area contributed by atoms with E-state index in [9.17, 15) is 14.7 Å². The Morgan fingerprint density at radius 3 is 2.79 bits per heavy atom. The van der Waals surface area contributed by atoms with Crippen LogP contribution < -0.4 is 0 Å². The molecule has 1 amide bonds. The second-order valence-electron chi connectivity index (χ2n) is 4.11. The number of morpholine rings is 1. The average Bonchev–Trinajstić information content (AvgIpc) is 2.38. The van der Waals surface area contributed by atoms with Gasteiger partial charge in [0, 0.05) is 11.0 Å². The summed E-state index contributed by atoms with van der Waals surface area (Å²) in [6.45, 7) is 0.446. The number of carboxylic acids is 1. The number of phenols is 1. The molecule has 1 aliphatic rings. The molecule has 0 aromatic heterocycles. The highest BCUT2D eigenvalue weighted by molar-refractivity contribution is 9.10. The Labute approximate surface area is 117 Å². The first-order valence-corrected chi connectivity index (χ1v) is 6.40. The summed E-state index contributed by atoms with van der Waals surface area (Å²) in [4.78, 5) is 24.4. The fraction of sp³-hybridized carbons (Fsp3) is 0.333. The van der Waals surface area contributed by atoms with Crippen molar-refractivity contribution in [3.05, 3.63) is 28.2 Å². The number of hydrogen-bond acceptors (Lipinski definition) is 4. The van der Waals surface area contributed by atoms with E-state index < -0.39 is 18.0 Å². The number of carbonyl (C=O) groups is 2. The molecule has 1 saturated heterocycles. The molecule has 6 nitrogen and oxygen atoms in total. The molecule has 2 N–H and O–H groups in total. The molecule has 0 radical (unpaired) electrons. The van der Waals surface area contributed by atoms with E-state index in [2.05, 4.69) is 15.9 Å². The van der Waals surface area contributed by atoms with Crippen molar-refractivity contribution in [2.75, 3.05) is 19.7 Å². The Hall–Kier alpha value is -1.60. The van der Waals surface area contributed by atoms with Gasteiger partial charge < -0.3 is 19.8 Å². The van der Waals surface area contributed by atoms with Gasteiger partial charge in [-0.25, -0.2) is 4.79 Å². The number of phenolic OH excluding ortho intramolecular Hbond substituents is 1. The molecule has 7 heteroatoms. The molecule has 2 rings (SSSR count). The number of carboxylic acid groups (broad SMARTS) is 1. The van der Waals surface area contributed by atoms with Crippen molar-refractivity contribution in [1.82, 2.24) is 4.90 Å². The quantitative estimate of drug-likeness (QED) is 0.847. The number of halogens is 1. The van der Waals surface area contributed by atoms with Gasteiger partial charge in [-0.2, -0.15) is 0 Å². The minimum atomic E-state index is -1.10. The maximum absolute atomic E-state index is 12.2. The summed E-state index contributed by atoms with van der Waals surface area (Å²) in [6, 6.07) is 4.55. The first-order valence-electron chi connectivity index (χ1n) is 5.61. The highest BCUT2D eigenvalue weighted by atomic mass is 79.9. The predicted molar refractivity (Wildman–Crippen MR) is 69.1 cm³/mol. The first kappa shape index (κ1) is 13.8. The van der Waals surface area contributed by atoms with Crippen molar-refractivity contribution in [2.24, 2.45) is 0 Å². The smallest absolute Gasteiger partial charge is 0.334 e. The standard InChI is InChI=1S/C12H12BrNO5/c13-7-1-2-8(9(15)5-7)11(16)14-3-4-19-10(6-14)12(17)18/h1-2,5,10,15H,3-4,6H2,(H,17,18). The second-order valence-corrected chi connectivity index (χ2v) is 5.03. The Kier molecular flexibility index (Phi) is 4.06. The third-order valence-electron chi connectivity index (χ3n) is 2.82. The van der Waals surface area contributed by atoms with Crippen LogP contribution >= 0.6 is 15.9 Å². The topological polar surface area (TPSA) is 87.1 Å². The van der Waals surface area contributed by atoms with Crippen molar-refractivity contribution in [2.45, 2.75) is 6.10 Å². The highest BCUT2D eigenvalue weighted by Crippen LogP contribution is 2.24. The van der Waals surface area contributed by atoms with Crippen molar-refractivity contribution < 1.29 is 24.5 Å². The number of rotatable bonds is 2. The van der Waals surface area contributed by atoms with Crippen LogP contribution in [0.3, 0.4) is 0 Å². The van der Waals surface area contributed by atoms with E-state index in [1.807, 2.05) is 0 Å². The van der Waals surface area contributed by atoms with Crippen LogP contribution in [0.5, 0.6) is 5.75 Å². The highest BCUT2D eigenvalue weighted by Gasteiger charge is 2.30. The van der Waals surface area contributed by atoms with E-state index in [1.165, 1.54) is 17.0 Å². The van der Waals surface area contributed by atoms with Gasteiger partial charge in [-0.05, 0) is 18.2 Å². The van der Waals surface area contributed by atoms with Gasteiger partial charge in [0.15, 0.2) is 6.10 Å². The fourth-order valence-corrected chi connectivity index (χ4v) is 2.19. The minimum absolute atomic E-state index is 0.0241. The van der Waals surface area contributed by atoms with E-state index in [0.29, 0.717) is 11.0 Å². The van der Waals surface area contributed by atoms with E-state index in [1.54, 1.807) is 6.07 Å². The number of hydrogen-bond donors (Lipinski definition) is 2. The molecule has 0 saturated carbocycles. The maximum atomic E-state index is 12.2. The molecule has 1 unspecified atom stereocenters. The number of amides is 1. The Morgan fingerprint density at radius 2 is 2.16 bits per heavy atom. The molecule has 102 valence electrons. The fourth-order valence-electron chi connectivity index (χ4n) is 1.84. The Bertz CT molecular complexity index is 519. The largest absolute Gasteiger partial charge is 0.507 e. The van der Waals surface area contributed by atoms with Crippen molar-refractivity contribution in [1.29, 1.82) is 0 Å². The predicted octanol–water partition coefficient (Wildman–Crippen LogP) is 1.08. The molecule has 0 bridgehead atoms. The van der Waals surface area contributed by atoms with E-state index in [-0.39, 0.29) is 24.5 Å². The Balaban J connectivity index is 2.17. The monoisotopic (exact) mass is 329 g/mol. The van der Waals surface area contributed by atoms with Gasteiger partial charge in [-0.15, -0.1) is 0 Å². The lowest BCUT2D eigenvalue weighted by Crippen LogP contribution is -2.48. The van der Waals surface area contributed by atoms with Crippen LogP contribution in [0.1, 0.15) is 10.4 Å². The molecule has 0 aliphatic carbocycles. The lowest BCUT2D eigenvalue weighted by molar-refractivity contribution is -0.154. The van der Waals surface area contributed by atoms with Gasteiger partial charge in [-0.1, -0.05) is 15.9 Å². The molecule has 0 spiro atoms. The zero-order valence-corrected chi connectivity index (χ0v) is 11.5. The summed E-state index contributed by atoms with van der Waals surface area (Å²) in [5.41, 5.74) is 0.147. The second kappa shape index (κ2) is 5.58.